The Morgan fingerprint density at radius 1 is 1.10 bits per heavy atom. The molecule has 10 heteroatoms. The summed E-state index contributed by atoms with van der Waals surface area (Å²) in [5, 5.41) is 11.5. The van der Waals surface area contributed by atoms with Gasteiger partial charge in [-0.3, -0.25) is 14.4 Å². The summed E-state index contributed by atoms with van der Waals surface area (Å²) in [4.78, 5) is 49.2. The number of nitrogens with one attached hydrogen (secondary N) is 3. The number of Topliss-reactive ketones (excluding diaryl/α,β-unsaturated/α-hetero) is 1. The van der Waals surface area contributed by atoms with Gasteiger partial charge in [-0.15, -0.1) is 11.8 Å². The van der Waals surface area contributed by atoms with E-state index in [0.717, 1.165) is 19.3 Å². The zero-order valence-electron chi connectivity index (χ0n) is 16.9. The molecule has 0 bridgehead atoms. The van der Waals surface area contributed by atoms with Gasteiger partial charge in [-0.2, -0.15) is 0 Å². The van der Waals surface area contributed by atoms with Crippen LogP contribution in [-0.2, 0) is 0 Å². The van der Waals surface area contributed by atoms with Crippen LogP contribution in [0.15, 0.2) is 45.8 Å². The summed E-state index contributed by atoms with van der Waals surface area (Å²) in [6.45, 7) is 0.564. The third-order valence-electron chi connectivity index (χ3n) is 4.47. The van der Waals surface area contributed by atoms with E-state index in [1.54, 1.807) is 31.3 Å². The van der Waals surface area contributed by atoms with Crippen LogP contribution < -0.4 is 16.0 Å². The van der Waals surface area contributed by atoms with Crippen molar-refractivity contribution in [3.63, 3.8) is 0 Å². The zero-order chi connectivity index (χ0) is 22.2. The van der Waals surface area contributed by atoms with E-state index in [1.165, 1.54) is 17.8 Å². The van der Waals surface area contributed by atoms with Gasteiger partial charge in [-0.25, -0.2) is 4.79 Å². The van der Waals surface area contributed by atoms with Crippen molar-refractivity contribution in [1.29, 1.82) is 0 Å². The molecular weight excluding hydrogens is 420 g/mol. The normalized spacial score (nSPS) is 12.7. The number of ketones is 2. The third-order valence-corrected chi connectivity index (χ3v) is 5.57. The lowest BCUT2D eigenvalue weighted by atomic mass is 9.99. The number of fused-ring (bicyclic) bond motifs is 1. The van der Waals surface area contributed by atoms with Gasteiger partial charge in [0, 0.05) is 25.4 Å². The molecule has 9 nitrogen and oxygen atoms in total. The maximum Gasteiger partial charge on any atom is 0.314 e. The van der Waals surface area contributed by atoms with Crippen LogP contribution in [0.5, 0.6) is 0 Å². The fourth-order valence-electron chi connectivity index (χ4n) is 2.89. The lowest BCUT2D eigenvalue weighted by Crippen LogP contribution is -2.33. The quantitative estimate of drug-likeness (QED) is 0.509. The molecule has 1 aromatic carbocycles. The van der Waals surface area contributed by atoms with Crippen molar-refractivity contribution in [1.82, 2.24) is 15.8 Å². The summed E-state index contributed by atoms with van der Waals surface area (Å²) in [5.74, 6) is -1.14. The molecule has 1 aliphatic rings. The topological polar surface area (TPSA) is 130 Å². The van der Waals surface area contributed by atoms with Crippen molar-refractivity contribution >= 4 is 41.0 Å². The first kappa shape index (κ1) is 22.3. The van der Waals surface area contributed by atoms with Gasteiger partial charge >= 0.3 is 6.03 Å². The third kappa shape index (κ3) is 5.60. The summed E-state index contributed by atoms with van der Waals surface area (Å²) in [5.41, 5.74) is 0.233. The fraction of sp³-hybridized carbons (Fsp3) is 0.286. The summed E-state index contributed by atoms with van der Waals surface area (Å²) in [6.07, 6.45) is 3.69. The second kappa shape index (κ2) is 10.6. The minimum Gasteiger partial charge on any atom is -0.351 e. The van der Waals surface area contributed by atoms with Crippen LogP contribution in [0.25, 0.3) is 0 Å². The van der Waals surface area contributed by atoms with Gasteiger partial charge in [0.05, 0.1) is 4.91 Å². The Labute approximate surface area is 183 Å². The molecule has 1 heterocycles. The highest BCUT2D eigenvalue weighted by Crippen LogP contribution is 2.31. The largest absolute Gasteiger partial charge is 0.351 e. The molecule has 0 unspecified atom stereocenters. The number of para-hydroxylation sites is 1. The molecular formula is C21H22N4O5S. The number of unbranched alkanes of at least 4 members (excludes halogenated alkanes) is 2. The molecule has 0 aliphatic heterocycles. The second-order valence-corrected chi connectivity index (χ2v) is 7.81. The highest BCUT2D eigenvalue weighted by molar-refractivity contribution is 8.04. The van der Waals surface area contributed by atoms with E-state index in [2.05, 4.69) is 21.1 Å². The maximum absolute atomic E-state index is 12.9. The second-order valence-electron chi connectivity index (χ2n) is 6.67. The number of thioether (sulfide) groups is 1. The minimum absolute atomic E-state index is 0.0989. The Balaban J connectivity index is 1.57. The minimum atomic E-state index is -0.618. The summed E-state index contributed by atoms with van der Waals surface area (Å²) >= 11 is 1.26. The van der Waals surface area contributed by atoms with Gasteiger partial charge in [-0.1, -0.05) is 29.8 Å². The Hall–Kier alpha value is -3.40. The number of hydrogen-bond acceptors (Lipinski definition) is 7. The Morgan fingerprint density at radius 3 is 2.61 bits per heavy atom. The number of urea groups is 1. The van der Waals surface area contributed by atoms with Crippen molar-refractivity contribution in [2.75, 3.05) is 24.7 Å². The maximum atomic E-state index is 12.9. The van der Waals surface area contributed by atoms with Gasteiger partial charge < -0.3 is 20.5 Å². The van der Waals surface area contributed by atoms with Gasteiger partial charge in [0.1, 0.15) is 5.56 Å². The molecule has 31 heavy (non-hydrogen) atoms. The van der Waals surface area contributed by atoms with E-state index in [-0.39, 0.29) is 28.0 Å². The predicted octanol–water partition coefficient (Wildman–Crippen LogP) is 3.02. The molecule has 3 N–H and O–H groups in total. The molecule has 0 spiro atoms. The van der Waals surface area contributed by atoms with E-state index >= 15 is 0 Å². The molecule has 0 saturated carbocycles. The number of benzene rings is 1. The molecule has 3 amide bonds. The average molecular weight is 442 g/mol. The summed E-state index contributed by atoms with van der Waals surface area (Å²) in [6, 6.07) is 8.50. The Morgan fingerprint density at radius 2 is 1.87 bits per heavy atom. The number of amides is 3. The SMILES string of the molecule is CNC(=O)NCCCCCSC1=CC(=O)c2onc(C(=O)Nc3ccccc3)c2C1=O. The molecule has 1 aliphatic carbocycles. The van der Waals surface area contributed by atoms with Crippen LogP contribution >= 0.6 is 11.8 Å². The number of carbonyl (C=O) groups excluding carboxylic acids is 4. The van der Waals surface area contributed by atoms with Crippen LogP contribution in [0.2, 0.25) is 0 Å². The number of aromatic nitrogens is 1. The van der Waals surface area contributed by atoms with Crippen LogP contribution in [0, 0.1) is 0 Å². The van der Waals surface area contributed by atoms with E-state index in [4.69, 9.17) is 4.52 Å². The van der Waals surface area contributed by atoms with Crippen LogP contribution in [0.4, 0.5) is 10.5 Å². The molecule has 0 fully saturated rings. The Bertz CT molecular complexity index is 1020. The Kier molecular flexibility index (Phi) is 7.60. The van der Waals surface area contributed by atoms with Gasteiger partial charge in [-0.05, 0) is 30.7 Å². The van der Waals surface area contributed by atoms with Crippen LogP contribution in [-0.4, -0.2) is 48.0 Å². The highest BCUT2D eigenvalue weighted by atomic mass is 32.2. The molecule has 0 saturated heterocycles. The van der Waals surface area contributed by atoms with Crippen molar-refractivity contribution in [3.05, 3.63) is 58.3 Å². The van der Waals surface area contributed by atoms with E-state index in [0.29, 0.717) is 18.0 Å². The van der Waals surface area contributed by atoms with Gasteiger partial charge in [0.15, 0.2) is 5.69 Å². The molecule has 0 atom stereocenters. The monoisotopic (exact) mass is 442 g/mol. The van der Waals surface area contributed by atoms with Crippen molar-refractivity contribution < 1.29 is 23.7 Å². The predicted molar refractivity (Wildman–Crippen MR) is 116 cm³/mol. The first-order chi connectivity index (χ1) is 15.0. The van der Waals surface area contributed by atoms with Gasteiger partial charge in [0.2, 0.25) is 17.3 Å². The summed E-state index contributed by atoms with van der Waals surface area (Å²) < 4.78 is 5.00. The smallest absolute Gasteiger partial charge is 0.314 e. The lowest BCUT2D eigenvalue weighted by molar-refractivity contribution is 0.0967. The van der Waals surface area contributed by atoms with E-state index < -0.39 is 17.5 Å². The molecule has 1 aromatic heterocycles. The first-order valence-corrected chi connectivity index (χ1v) is 10.7. The van der Waals surface area contributed by atoms with Crippen molar-refractivity contribution in [2.24, 2.45) is 0 Å². The number of rotatable bonds is 9. The van der Waals surface area contributed by atoms with Crippen LogP contribution in [0.3, 0.4) is 0 Å². The lowest BCUT2D eigenvalue weighted by Gasteiger charge is -2.11. The number of allylic oxidation sites excluding steroid dienone is 2. The first-order valence-electron chi connectivity index (χ1n) is 9.76. The molecule has 2 aromatic rings. The van der Waals surface area contributed by atoms with E-state index in [9.17, 15) is 19.2 Å². The van der Waals surface area contributed by atoms with Crippen LogP contribution in [0.1, 0.15) is 50.7 Å². The standard InChI is InChI=1S/C21H22N4O5S/c1-22-21(29)23-10-6-3-7-11-31-15-12-14(26)19-16(18(15)27)17(25-30-19)20(28)24-13-8-4-2-5-9-13/h2,4-5,8-9,12H,3,6-7,10-11H2,1H3,(H,24,28)(H2,22,23,29). The van der Waals surface area contributed by atoms with Gasteiger partial charge in [0.25, 0.3) is 5.91 Å². The fourth-order valence-corrected chi connectivity index (χ4v) is 3.88. The number of anilines is 1. The van der Waals surface area contributed by atoms with E-state index in [1.807, 2.05) is 6.07 Å². The average Bonchev–Trinajstić information content (AvgIpc) is 3.23. The molecule has 162 valence electrons. The van der Waals surface area contributed by atoms with Crippen molar-refractivity contribution in [3.8, 4) is 0 Å². The number of nitrogens with zero attached hydrogens (tertiary/aromatic N) is 1. The number of hydrogen-bond donors (Lipinski definition) is 3. The van der Waals surface area contributed by atoms with Crippen molar-refractivity contribution in [2.45, 2.75) is 19.3 Å². The molecule has 3 rings (SSSR count). The summed E-state index contributed by atoms with van der Waals surface area (Å²) in [7, 11) is 1.56. The molecule has 0 radical (unpaired) electrons. The highest BCUT2D eigenvalue weighted by Gasteiger charge is 2.36. The zero-order valence-corrected chi connectivity index (χ0v) is 17.7. The number of carbonyl (C=O) groups is 4.